The third kappa shape index (κ3) is 3.08. The number of amides is 1. The normalized spacial score (nSPS) is 10.8. The first-order valence-corrected chi connectivity index (χ1v) is 8.64. The summed E-state index contributed by atoms with van der Waals surface area (Å²) in [7, 11) is 3.04. The molecule has 3 N–H and O–H groups in total. The lowest BCUT2D eigenvalue weighted by molar-refractivity contribution is 0.0997. The molecule has 4 rings (SSSR count). The number of H-pyrrole nitrogens is 1. The lowest BCUT2D eigenvalue weighted by atomic mass is 10.1. The van der Waals surface area contributed by atoms with Crippen LogP contribution in [0, 0.1) is 0 Å². The zero-order valence-electron chi connectivity index (χ0n) is 15.7. The van der Waals surface area contributed by atoms with E-state index in [9.17, 15) is 9.59 Å². The van der Waals surface area contributed by atoms with Gasteiger partial charge in [-0.2, -0.15) is 0 Å². The van der Waals surface area contributed by atoms with Gasteiger partial charge >= 0.3 is 5.69 Å². The van der Waals surface area contributed by atoms with Crippen LogP contribution in [-0.4, -0.2) is 39.6 Å². The van der Waals surface area contributed by atoms with Crippen LogP contribution in [0.4, 0.5) is 0 Å². The predicted octanol–water partition coefficient (Wildman–Crippen LogP) is 1.89. The Hall–Kier alpha value is -4.14. The molecule has 2 aromatic carbocycles. The zero-order valence-corrected chi connectivity index (χ0v) is 15.7. The monoisotopic (exact) mass is 391 g/mol. The predicted molar refractivity (Wildman–Crippen MR) is 107 cm³/mol. The lowest BCUT2D eigenvalue weighted by Gasteiger charge is -2.11. The molecule has 0 bridgehead atoms. The number of primary amides is 1. The minimum Gasteiger partial charge on any atom is -0.497 e. The number of hydrogen-bond donors (Lipinski definition) is 2. The molecular formula is C20H17N5O4. The van der Waals surface area contributed by atoms with Crippen molar-refractivity contribution >= 4 is 17.1 Å². The number of nitrogens with zero attached hydrogens (tertiary/aromatic N) is 3. The van der Waals surface area contributed by atoms with Gasteiger partial charge in [0, 0.05) is 0 Å². The van der Waals surface area contributed by atoms with Crippen molar-refractivity contribution in [3.63, 3.8) is 0 Å². The van der Waals surface area contributed by atoms with E-state index in [2.05, 4.69) is 15.0 Å². The molecule has 29 heavy (non-hydrogen) atoms. The first kappa shape index (κ1) is 18.2. The molecule has 0 radical (unpaired) electrons. The maximum atomic E-state index is 12.6. The topological polar surface area (TPSA) is 125 Å². The van der Waals surface area contributed by atoms with E-state index in [1.807, 2.05) is 6.07 Å². The highest BCUT2D eigenvalue weighted by Gasteiger charge is 2.21. The van der Waals surface area contributed by atoms with Gasteiger partial charge in [-0.3, -0.25) is 4.79 Å². The Balaban J connectivity index is 2.08. The minimum absolute atomic E-state index is 0.0957. The largest absolute Gasteiger partial charge is 0.497 e. The number of methoxy groups -OCH3 is 2. The molecule has 0 aliphatic rings. The molecule has 2 heterocycles. The summed E-state index contributed by atoms with van der Waals surface area (Å²) < 4.78 is 12.0. The van der Waals surface area contributed by atoms with Crippen LogP contribution in [0.3, 0.4) is 0 Å². The number of rotatable bonds is 5. The number of carbonyl (C=O) groups excluding carboxylic acids is 1. The number of carbonyl (C=O) groups is 1. The minimum atomic E-state index is -0.790. The van der Waals surface area contributed by atoms with E-state index in [4.69, 9.17) is 15.2 Å². The summed E-state index contributed by atoms with van der Waals surface area (Å²) in [5.74, 6) is 0.414. The van der Waals surface area contributed by atoms with Gasteiger partial charge in [-0.05, 0) is 30.3 Å². The van der Waals surface area contributed by atoms with E-state index >= 15 is 0 Å². The van der Waals surface area contributed by atoms with Crippen molar-refractivity contribution in [2.75, 3.05) is 14.2 Å². The first-order valence-electron chi connectivity index (χ1n) is 8.64. The number of ether oxygens (including phenoxy) is 2. The molecule has 0 aliphatic carbocycles. The summed E-state index contributed by atoms with van der Waals surface area (Å²) in [6.07, 6.45) is 0. The standard InChI is InChI=1S/C20H17N5O4/c1-28-12-8-9-14(29-2)13(10-12)18-22-15(17(21)26)16-19(24-18)25(20(27)23-16)11-6-4-3-5-7-11/h3-10H,1-2H3,(H2,21,26)(H,23,27). The van der Waals surface area contributed by atoms with E-state index in [0.29, 0.717) is 22.7 Å². The van der Waals surface area contributed by atoms with Crippen molar-refractivity contribution in [3.8, 4) is 28.6 Å². The number of nitrogens with one attached hydrogen (secondary N) is 1. The highest BCUT2D eigenvalue weighted by Crippen LogP contribution is 2.32. The van der Waals surface area contributed by atoms with Crippen molar-refractivity contribution < 1.29 is 14.3 Å². The van der Waals surface area contributed by atoms with Gasteiger partial charge < -0.3 is 20.2 Å². The molecule has 4 aromatic rings. The zero-order chi connectivity index (χ0) is 20.5. The Bertz CT molecular complexity index is 1280. The van der Waals surface area contributed by atoms with Gasteiger partial charge in [-0.1, -0.05) is 18.2 Å². The molecule has 0 saturated carbocycles. The third-order valence-corrected chi connectivity index (χ3v) is 4.43. The van der Waals surface area contributed by atoms with E-state index in [1.165, 1.54) is 18.8 Å². The molecule has 1 amide bonds. The fourth-order valence-corrected chi connectivity index (χ4v) is 3.09. The van der Waals surface area contributed by atoms with Crippen LogP contribution in [0.5, 0.6) is 11.5 Å². The summed E-state index contributed by atoms with van der Waals surface area (Å²) in [5.41, 5.74) is 6.44. The second kappa shape index (κ2) is 7.12. The average molecular weight is 391 g/mol. The number of para-hydroxylation sites is 1. The number of hydrogen-bond acceptors (Lipinski definition) is 6. The SMILES string of the molecule is COc1ccc(OC)c(-c2nc(C(N)=O)c3[nH]c(=O)n(-c4ccccc4)c3n2)c1. The average Bonchev–Trinajstić information content (AvgIpc) is 3.08. The van der Waals surface area contributed by atoms with Crippen molar-refractivity contribution in [2.24, 2.45) is 5.73 Å². The molecule has 0 spiro atoms. The third-order valence-electron chi connectivity index (χ3n) is 4.43. The van der Waals surface area contributed by atoms with Crippen LogP contribution < -0.4 is 20.9 Å². The van der Waals surface area contributed by atoms with Crippen molar-refractivity contribution in [1.82, 2.24) is 19.5 Å². The lowest BCUT2D eigenvalue weighted by Crippen LogP contribution is -2.15. The molecule has 0 atom stereocenters. The summed E-state index contributed by atoms with van der Waals surface area (Å²) in [6, 6.07) is 14.0. The van der Waals surface area contributed by atoms with Crippen molar-refractivity contribution in [2.45, 2.75) is 0 Å². The molecule has 0 fully saturated rings. The van der Waals surface area contributed by atoms with Crippen LogP contribution in [0.25, 0.3) is 28.2 Å². The molecule has 146 valence electrons. The van der Waals surface area contributed by atoms with Gasteiger partial charge in [0.2, 0.25) is 0 Å². The highest BCUT2D eigenvalue weighted by molar-refractivity contribution is 6.02. The molecule has 2 aromatic heterocycles. The van der Waals surface area contributed by atoms with Gasteiger partial charge in [0.1, 0.15) is 17.0 Å². The molecule has 9 heteroatoms. The second-order valence-corrected chi connectivity index (χ2v) is 6.13. The Morgan fingerprint density at radius 3 is 2.48 bits per heavy atom. The van der Waals surface area contributed by atoms with Crippen LogP contribution in [0.15, 0.2) is 53.3 Å². The van der Waals surface area contributed by atoms with Gasteiger partial charge in [0.05, 0.1) is 25.5 Å². The number of fused-ring (bicyclic) bond motifs is 1. The summed E-state index contributed by atoms with van der Waals surface area (Å²) in [4.78, 5) is 36.2. The molecule has 0 saturated heterocycles. The number of benzene rings is 2. The van der Waals surface area contributed by atoms with Gasteiger partial charge in [-0.25, -0.2) is 19.3 Å². The van der Waals surface area contributed by atoms with E-state index in [-0.39, 0.29) is 22.7 Å². The number of aromatic amines is 1. The maximum absolute atomic E-state index is 12.6. The Morgan fingerprint density at radius 2 is 1.83 bits per heavy atom. The highest BCUT2D eigenvalue weighted by atomic mass is 16.5. The Kier molecular flexibility index (Phi) is 4.47. The van der Waals surface area contributed by atoms with Crippen molar-refractivity contribution in [1.29, 1.82) is 0 Å². The van der Waals surface area contributed by atoms with Crippen LogP contribution in [0.2, 0.25) is 0 Å². The molecular weight excluding hydrogens is 374 g/mol. The first-order chi connectivity index (χ1) is 14.0. The van der Waals surface area contributed by atoms with E-state index in [0.717, 1.165) is 0 Å². The summed E-state index contributed by atoms with van der Waals surface area (Å²) in [6.45, 7) is 0. The van der Waals surface area contributed by atoms with Crippen LogP contribution in [-0.2, 0) is 0 Å². The summed E-state index contributed by atoms with van der Waals surface area (Å²) in [5, 5.41) is 0. The van der Waals surface area contributed by atoms with E-state index in [1.54, 1.807) is 42.5 Å². The van der Waals surface area contributed by atoms with Gasteiger partial charge in [0.25, 0.3) is 5.91 Å². The fourth-order valence-electron chi connectivity index (χ4n) is 3.09. The van der Waals surface area contributed by atoms with Crippen molar-refractivity contribution in [3.05, 3.63) is 64.7 Å². The quantitative estimate of drug-likeness (QED) is 0.535. The van der Waals surface area contributed by atoms with Gasteiger partial charge in [0.15, 0.2) is 17.2 Å². The number of nitrogens with two attached hydrogens (primary N) is 1. The van der Waals surface area contributed by atoms with Crippen LogP contribution in [0.1, 0.15) is 10.5 Å². The molecule has 0 unspecified atom stereocenters. The van der Waals surface area contributed by atoms with E-state index < -0.39 is 11.6 Å². The number of imidazole rings is 1. The smallest absolute Gasteiger partial charge is 0.332 e. The second-order valence-electron chi connectivity index (χ2n) is 6.13. The number of aromatic nitrogens is 4. The molecule has 9 nitrogen and oxygen atoms in total. The van der Waals surface area contributed by atoms with Gasteiger partial charge in [-0.15, -0.1) is 0 Å². The Labute approximate surface area is 164 Å². The van der Waals surface area contributed by atoms with Crippen LogP contribution >= 0.6 is 0 Å². The maximum Gasteiger partial charge on any atom is 0.332 e. The fraction of sp³-hybridized carbons (Fsp3) is 0.100. The summed E-state index contributed by atoms with van der Waals surface area (Å²) >= 11 is 0. The molecule has 0 aliphatic heterocycles. The Morgan fingerprint density at radius 1 is 1.07 bits per heavy atom.